The second-order valence-corrected chi connectivity index (χ2v) is 7.39. The van der Waals surface area contributed by atoms with Crippen LogP contribution in [-0.4, -0.2) is 49.8 Å². The summed E-state index contributed by atoms with van der Waals surface area (Å²) in [7, 11) is 4.42. The van der Waals surface area contributed by atoms with Crippen molar-refractivity contribution >= 4 is 45.0 Å². The molecule has 0 fully saturated rings. The van der Waals surface area contributed by atoms with E-state index in [-0.39, 0.29) is 18.9 Å². The summed E-state index contributed by atoms with van der Waals surface area (Å²) in [6.07, 6.45) is -0.109. The van der Waals surface area contributed by atoms with E-state index in [2.05, 4.69) is 15.3 Å². The van der Waals surface area contributed by atoms with E-state index in [9.17, 15) is 9.59 Å². The first-order valence-electron chi connectivity index (χ1n) is 9.44. The second-order valence-electron chi connectivity index (χ2n) is 6.39. The molecule has 0 aliphatic carbocycles. The lowest BCUT2D eigenvalue weighted by atomic mass is 10.2. The number of aryl methyl sites for hydroxylation is 1. The minimum atomic E-state index is -0.469. The number of anilines is 2. The monoisotopic (exact) mass is 445 g/mol. The predicted molar refractivity (Wildman–Crippen MR) is 117 cm³/mol. The Labute approximate surface area is 183 Å². The zero-order valence-electron chi connectivity index (χ0n) is 17.9. The van der Waals surface area contributed by atoms with Crippen molar-refractivity contribution in [2.75, 3.05) is 33.3 Å². The van der Waals surface area contributed by atoms with Gasteiger partial charge in [0, 0.05) is 6.07 Å². The Balaban J connectivity index is 2.17. The number of nitrogens with zero attached hydrogens (tertiary/aromatic N) is 2. The van der Waals surface area contributed by atoms with Gasteiger partial charge in [-0.05, 0) is 31.5 Å². The van der Waals surface area contributed by atoms with Crippen molar-refractivity contribution in [3.05, 3.63) is 34.5 Å². The molecule has 10 heteroatoms. The molecular weight excluding hydrogens is 422 g/mol. The van der Waals surface area contributed by atoms with Crippen LogP contribution in [0.5, 0.6) is 11.5 Å². The fourth-order valence-electron chi connectivity index (χ4n) is 2.98. The molecule has 2 aromatic heterocycles. The van der Waals surface area contributed by atoms with Crippen LogP contribution < -0.4 is 14.8 Å². The van der Waals surface area contributed by atoms with Crippen molar-refractivity contribution in [1.29, 1.82) is 0 Å². The van der Waals surface area contributed by atoms with Crippen LogP contribution in [0.15, 0.2) is 18.2 Å². The van der Waals surface area contributed by atoms with Crippen molar-refractivity contribution in [2.24, 2.45) is 0 Å². The van der Waals surface area contributed by atoms with Gasteiger partial charge in [-0.15, -0.1) is 11.3 Å². The van der Waals surface area contributed by atoms with E-state index in [1.54, 1.807) is 39.3 Å². The summed E-state index contributed by atoms with van der Waals surface area (Å²) in [6, 6.07) is 5.30. The lowest BCUT2D eigenvalue weighted by Gasteiger charge is -2.14. The predicted octanol–water partition coefficient (Wildman–Crippen LogP) is 3.65. The molecule has 1 N–H and O–H groups in total. The number of esters is 2. The van der Waals surface area contributed by atoms with Crippen LogP contribution >= 0.6 is 11.3 Å². The van der Waals surface area contributed by atoms with Crippen molar-refractivity contribution in [1.82, 2.24) is 9.97 Å². The Morgan fingerprint density at radius 2 is 1.90 bits per heavy atom. The van der Waals surface area contributed by atoms with E-state index in [4.69, 9.17) is 18.9 Å². The SMILES string of the molecule is CCOC(=O)c1sc2nc(CC(=O)OC)nc(Nc3cc(OC)ccc3OC)c2c1C. The van der Waals surface area contributed by atoms with Crippen LogP contribution in [-0.2, 0) is 20.7 Å². The Kier molecular flexibility index (Phi) is 6.91. The van der Waals surface area contributed by atoms with E-state index in [1.165, 1.54) is 18.4 Å². The number of thiophene rings is 1. The van der Waals surface area contributed by atoms with E-state index >= 15 is 0 Å². The van der Waals surface area contributed by atoms with E-state index < -0.39 is 11.9 Å². The molecule has 0 aliphatic heterocycles. The summed E-state index contributed by atoms with van der Waals surface area (Å²) in [4.78, 5) is 34.2. The molecule has 3 rings (SSSR count). The van der Waals surface area contributed by atoms with E-state index in [1.807, 2.05) is 6.92 Å². The largest absolute Gasteiger partial charge is 0.497 e. The Bertz CT molecular complexity index is 1130. The lowest BCUT2D eigenvalue weighted by Crippen LogP contribution is -2.09. The number of carbonyl (C=O) groups excluding carboxylic acids is 2. The number of aromatic nitrogens is 2. The first-order valence-corrected chi connectivity index (χ1v) is 10.3. The number of fused-ring (bicyclic) bond motifs is 1. The quantitative estimate of drug-likeness (QED) is 0.520. The third-order valence-corrected chi connectivity index (χ3v) is 5.65. The molecule has 0 bridgehead atoms. The van der Waals surface area contributed by atoms with E-state index in [0.29, 0.717) is 43.7 Å². The second kappa shape index (κ2) is 9.61. The fourth-order valence-corrected chi connectivity index (χ4v) is 4.08. The number of hydrogen-bond donors (Lipinski definition) is 1. The number of carbonyl (C=O) groups is 2. The average molecular weight is 445 g/mol. The third kappa shape index (κ3) is 4.69. The van der Waals surface area contributed by atoms with Gasteiger partial charge in [0.15, 0.2) is 0 Å². The molecule has 0 aliphatic rings. The topological polar surface area (TPSA) is 109 Å². The Hall–Kier alpha value is -3.40. The van der Waals surface area contributed by atoms with Gasteiger partial charge in [-0.3, -0.25) is 4.79 Å². The summed E-state index contributed by atoms with van der Waals surface area (Å²) in [6.45, 7) is 3.82. The van der Waals surface area contributed by atoms with Gasteiger partial charge in [0.2, 0.25) is 0 Å². The molecule has 9 nitrogen and oxygen atoms in total. The number of ether oxygens (including phenoxy) is 4. The van der Waals surface area contributed by atoms with E-state index in [0.717, 1.165) is 0 Å². The molecule has 0 spiro atoms. The molecule has 0 radical (unpaired) electrons. The summed E-state index contributed by atoms with van der Waals surface area (Å²) in [5.41, 5.74) is 1.29. The number of hydrogen-bond acceptors (Lipinski definition) is 10. The number of rotatable bonds is 8. The molecule has 2 heterocycles. The minimum absolute atomic E-state index is 0.109. The molecule has 31 heavy (non-hydrogen) atoms. The Morgan fingerprint density at radius 1 is 1.13 bits per heavy atom. The van der Waals surface area contributed by atoms with Crippen molar-refractivity contribution in [3.63, 3.8) is 0 Å². The third-order valence-electron chi connectivity index (χ3n) is 4.49. The number of benzene rings is 1. The highest BCUT2D eigenvalue weighted by molar-refractivity contribution is 7.20. The first-order chi connectivity index (χ1) is 14.9. The standard InChI is InChI=1S/C21H23N3O6S/c1-6-30-21(26)18-11(2)17-19(22-13-9-12(27-3)7-8-14(13)28-4)23-15(10-16(25)29-5)24-20(17)31-18/h7-9H,6,10H2,1-5H3,(H,22,23,24). The van der Waals surface area contributed by atoms with Gasteiger partial charge >= 0.3 is 11.9 Å². The average Bonchev–Trinajstić information content (AvgIpc) is 3.10. The van der Waals surface area contributed by atoms with Crippen molar-refractivity contribution in [2.45, 2.75) is 20.3 Å². The molecule has 0 atom stereocenters. The molecule has 1 aromatic carbocycles. The van der Waals surface area contributed by atoms with Gasteiger partial charge in [0.1, 0.15) is 39.3 Å². The van der Waals surface area contributed by atoms with Crippen molar-refractivity contribution in [3.8, 4) is 11.5 Å². The highest BCUT2D eigenvalue weighted by atomic mass is 32.1. The van der Waals surface area contributed by atoms with Gasteiger partial charge < -0.3 is 24.3 Å². The fraction of sp³-hybridized carbons (Fsp3) is 0.333. The minimum Gasteiger partial charge on any atom is -0.497 e. The lowest BCUT2D eigenvalue weighted by molar-refractivity contribution is -0.139. The maximum absolute atomic E-state index is 12.4. The molecule has 0 saturated carbocycles. The highest BCUT2D eigenvalue weighted by Crippen LogP contribution is 2.38. The molecular formula is C21H23N3O6S. The maximum atomic E-state index is 12.4. The van der Waals surface area contributed by atoms with Crippen LogP contribution in [0.2, 0.25) is 0 Å². The summed E-state index contributed by atoms with van der Waals surface area (Å²) in [5, 5.41) is 3.90. The van der Waals surface area contributed by atoms with Gasteiger partial charge in [-0.25, -0.2) is 14.8 Å². The van der Waals surface area contributed by atoms with Gasteiger partial charge in [-0.1, -0.05) is 0 Å². The summed E-state index contributed by atoms with van der Waals surface area (Å²) >= 11 is 1.19. The van der Waals surface area contributed by atoms with Crippen LogP contribution in [0.4, 0.5) is 11.5 Å². The normalized spacial score (nSPS) is 10.6. The number of nitrogens with one attached hydrogen (secondary N) is 1. The molecule has 0 unspecified atom stereocenters. The van der Waals surface area contributed by atoms with Gasteiger partial charge in [0.05, 0.1) is 39.0 Å². The molecule has 164 valence electrons. The van der Waals surface area contributed by atoms with Crippen LogP contribution in [0.1, 0.15) is 28.0 Å². The van der Waals surface area contributed by atoms with Crippen LogP contribution in [0.25, 0.3) is 10.2 Å². The highest BCUT2D eigenvalue weighted by Gasteiger charge is 2.23. The zero-order chi connectivity index (χ0) is 22.5. The summed E-state index contributed by atoms with van der Waals surface area (Å²) < 4.78 is 20.7. The van der Waals surface area contributed by atoms with Crippen molar-refractivity contribution < 1.29 is 28.5 Å². The molecule has 3 aromatic rings. The molecule has 0 saturated heterocycles. The Morgan fingerprint density at radius 3 is 2.55 bits per heavy atom. The summed E-state index contributed by atoms with van der Waals surface area (Å²) in [5.74, 6) is 0.990. The van der Waals surface area contributed by atoms with Crippen LogP contribution in [0.3, 0.4) is 0 Å². The van der Waals surface area contributed by atoms with Gasteiger partial charge in [-0.2, -0.15) is 0 Å². The zero-order valence-corrected chi connectivity index (χ0v) is 18.7. The van der Waals surface area contributed by atoms with Crippen LogP contribution in [0, 0.1) is 6.92 Å². The smallest absolute Gasteiger partial charge is 0.348 e. The van der Waals surface area contributed by atoms with Gasteiger partial charge in [0.25, 0.3) is 0 Å². The molecule has 0 amide bonds. The first kappa shape index (κ1) is 22.3. The maximum Gasteiger partial charge on any atom is 0.348 e. The number of methoxy groups -OCH3 is 3.